The lowest BCUT2D eigenvalue weighted by Crippen LogP contribution is -2.26. The fraction of sp³-hybridized carbons (Fsp3) is 0.611. The highest BCUT2D eigenvalue weighted by atomic mass is 16.5. The van der Waals surface area contributed by atoms with E-state index in [1.807, 2.05) is 18.2 Å². The second kappa shape index (κ2) is 7.03. The molecule has 1 aliphatic heterocycles. The molecule has 0 amide bonds. The Hall–Kier alpha value is -1.71. The molecule has 2 aliphatic rings. The van der Waals surface area contributed by atoms with Crippen LogP contribution in [0.2, 0.25) is 0 Å². The van der Waals surface area contributed by atoms with Crippen molar-refractivity contribution in [1.29, 1.82) is 0 Å². The van der Waals surface area contributed by atoms with Crippen molar-refractivity contribution in [2.75, 3.05) is 12.3 Å². The van der Waals surface area contributed by atoms with Gasteiger partial charge in [0.15, 0.2) is 0 Å². The number of fused-ring (bicyclic) bond motifs is 1. The second-order valence-electron chi connectivity index (χ2n) is 6.56. The molecule has 1 unspecified atom stereocenters. The standard InChI is InChI=1S/C18H25NO3/c19-15-7-8-17-14(11-15)9-13(12-21-17)10-18(20)22-16-5-3-1-2-4-6-16/h7-8,11,13,16H,1-6,9-10,12,19H2. The molecule has 0 aromatic heterocycles. The minimum atomic E-state index is -0.0761. The van der Waals surface area contributed by atoms with Crippen LogP contribution in [0.25, 0.3) is 0 Å². The van der Waals surface area contributed by atoms with Gasteiger partial charge in [0.25, 0.3) is 0 Å². The first-order valence-corrected chi connectivity index (χ1v) is 8.41. The van der Waals surface area contributed by atoms with Gasteiger partial charge in [-0.25, -0.2) is 0 Å². The van der Waals surface area contributed by atoms with Gasteiger partial charge in [0.1, 0.15) is 11.9 Å². The Morgan fingerprint density at radius 2 is 2.00 bits per heavy atom. The smallest absolute Gasteiger partial charge is 0.306 e. The quantitative estimate of drug-likeness (QED) is 0.527. The summed E-state index contributed by atoms with van der Waals surface area (Å²) in [6, 6.07) is 5.70. The van der Waals surface area contributed by atoms with Crippen molar-refractivity contribution in [3.05, 3.63) is 23.8 Å². The first kappa shape index (κ1) is 15.2. The van der Waals surface area contributed by atoms with E-state index < -0.39 is 0 Å². The summed E-state index contributed by atoms with van der Waals surface area (Å²) >= 11 is 0. The van der Waals surface area contributed by atoms with Crippen LogP contribution in [0.3, 0.4) is 0 Å². The van der Waals surface area contributed by atoms with Gasteiger partial charge in [-0.15, -0.1) is 0 Å². The summed E-state index contributed by atoms with van der Waals surface area (Å²) in [6.07, 6.45) is 8.32. The maximum Gasteiger partial charge on any atom is 0.306 e. The predicted molar refractivity (Wildman–Crippen MR) is 85.7 cm³/mol. The first-order chi connectivity index (χ1) is 10.7. The topological polar surface area (TPSA) is 61.6 Å². The van der Waals surface area contributed by atoms with E-state index in [0.717, 1.165) is 36.3 Å². The molecule has 120 valence electrons. The molecule has 1 aromatic carbocycles. The molecule has 22 heavy (non-hydrogen) atoms. The molecule has 1 saturated carbocycles. The molecule has 1 heterocycles. The van der Waals surface area contributed by atoms with E-state index in [9.17, 15) is 4.79 Å². The molecule has 1 fully saturated rings. The second-order valence-corrected chi connectivity index (χ2v) is 6.56. The van der Waals surface area contributed by atoms with Crippen LogP contribution in [-0.4, -0.2) is 18.7 Å². The summed E-state index contributed by atoms with van der Waals surface area (Å²) in [6.45, 7) is 0.580. The summed E-state index contributed by atoms with van der Waals surface area (Å²) in [5.74, 6) is 1.00. The third kappa shape index (κ3) is 3.93. The average Bonchev–Trinajstić information content (AvgIpc) is 2.75. The summed E-state index contributed by atoms with van der Waals surface area (Å²) in [7, 11) is 0. The van der Waals surface area contributed by atoms with Gasteiger partial charge >= 0.3 is 5.97 Å². The molecule has 1 aromatic rings. The lowest BCUT2D eigenvalue weighted by molar-refractivity contribution is -0.151. The minimum absolute atomic E-state index is 0.0761. The van der Waals surface area contributed by atoms with Crippen LogP contribution in [0.15, 0.2) is 18.2 Å². The zero-order valence-corrected chi connectivity index (χ0v) is 13.1. The Bertz CT molecular complexity index is 521. The van der Waals surface area contributed by atoms with Crippen molar-refractivity contribution in [1.82, 2.24) is 0 Å². The summed E-state index contributed by atoms with van der Waals surface area (Å²) in [5, 5.41) is 0. The normalized spacial score (nSPS) is 22.3. The van der Waals surface area contributed by atoms with Gasteiger partial charge in [-0.1, -0.05) is 12.8 Å². The van der Waals surface area contributed by atoms with E-state index in [4.69, 9.17) is 15.2 Å². The summed E-state index contributed by atoms with van der Waals surface area (Å²) in [5.41, 5.74) is 7.66. The van der Waals surface area contributed by atoms with Crippen LogP contribution in [0.4, 0.5) is 5.69 Å². The molecule has 2 N–H and O–H groups in total. The fourth-order valence-corrected chi connectivity index (χ4v) is 3.44. The molecule has 0 bridgehead atoms. The first-order valence-electron chi connectivity index (χ1n) is 8.41. The monoisotopic (exact) mass is 303 g/mol. The molecular formula is C18H25NO3. The number of esters is 1. The fourth-order valence-electron chi connectivity index (χ4n) is 3.44. The Morgan fingerprint density at radius 3 is 2.77 bits per heavy atom. The maximum absolute atomic E-state index is 12.2. The Kier molecular flexibility index (Phi) is 4.86. The number of nitrogen functional groups attached to an aromatic ring is 1. The number of hydrogen-bond donors (Lipinski definition) is 1. The highest BCUT2D eigenvalue weighted by Gasteiger charge is 2.25. The van der Waals surface area contributed by atoms with Gasteiger partial charge in [-0.05, 0) is 55.9 Å². The number of carbonyl (C=O) groups excluding carboxylic acids is 1. The third-order valence-corrected chi connectivity index (χ3v) is 4.62. The van der Waals surface area contributed by atoms with Crippen molar-refractivity contribution < 1.29 is 14.3 Å². The summed E-state index contributed by atoms with van der Waals surface area (Å²) < 4.78 is 11.4. The van der Waals surface area contributed by atoms with Crippen LogP contribution >= 0.6 is 0 Å². The number of carbonyl (C=O) groups is 1. The summed E-state index contributed by atoms with van der Waals surface area (Å²) in [4.78, 5) is 12.2. The van der Waals surface area contributed by atoms with Crippen molar-refractivity contribution in [2.24, 2.45) is 5.92 Å². The van der Waals surface area contributed by atoms with E-state index in [0.29, 0.717) is 13.0 Å². The number of anilines is 1. The van der Waals surface area contributed by atoms with Crippen molar-refractivity contribution in [3.8, 4) is 5.75 Å². The molecule has 4 nitrogen and oxygen atoms in total. The van der Waals surface area contributed by atoms with Crippen molar-refractivity contribution >= 4 is 11.7 Å². The van der Waals surface area contributed by atoms with Gasteiger partial charge in [0.2, 0.25) is 0 Å². The van der Waals surface area contributed by atoms with Crippen LogP contribution < -0.4 is 10.5 Å². The van der Waals surface area contributed by atoms with Gasteiger partial charge in [0.05, 0.1) is 13.0 Å². The van der Waals surface area contributed by atoms with E-state index in [1.54, 1.807) is 0 Å². The Balaban J connectivity index is 1.52. The molecule has 1 aliphatic carbocycles. The van der Waals surface area contributed by atoms with E-state index in [-0.39, 0.29) is 18.0 Å². The Labute approximate surface area is 132 Å². The van der Waals surface area contributed by atoms with Gasteiger partial charge in [0, 0.05) is 11.6 Å². The highest BCUT2D eigenvalue weighted by Crippen LogP contribution is 2.30. The van der Waals surface area contributed by atoms with Crippen LogP contribution in [0, 0.1) is 5.92 Å². The predicted octanol–water partition coefficient (Wildman–Crippen LogP) is 3.48. The number of hydrogen-bond acceptors (Lipinski definition) is 4. The number of rotatable bonds is 3. The number of nitrogens with two attached hydrogens (primary N) is 1. The zero-order valence-electron chi connectivity index (χ0n) is 13.1. The molecular weight excluding hydrogens is 278 g/mol. The highest BCUT2D eigenvalue weighted by molar-refractivity contribution is 5.70. The van der Waals surface area contributed by atoms with Gasteiger partial charge in [-0.3, -0.25) is 4.79 Å². The zero-order chi connectivity index (χ0) is 15.4. The molecule has 3 rings (SSSR count). The van der Waals surface area contributed by atoms with Gasteiger partial charge in [-0.2, -0.15) is 0 Å². The van der Waals surface area contributed by atoms with Crippen molar-refractivity contribution in [2.45, 2.75) is 57.5 Å². The van der Waals surface area contributed by atoms with Crippen LogP contribution in [-0.2, 0) is 16.0 Å². The molecule has 4 heteroatoms. The van der Waals surface area contributed by atoms with Crippen molar-refractivity contribution in [3.63, 3.8) is 0 Å². The maximum atomic E-state index is 12.2. The molecule has 0 saturated heterocycles. The van der Waals surface area contributed by atoms with Crippen LogP contribution in [0.1, 0.15) is 50.5 Å². The van der Waals surface area contributed by atoms with Crippen LogP contribution in [0.5, 0.6) is 5.75 Å². The van der Waals surface area contributed by atoms with E-state index >= 15 is 0 Å². The van der Waals surface area contributed by atoms with E-state index in [2.05, 4.69) is 0 Å². The SMILES string of the molecule is Nc1ccc2c(c1)CC(CC(=O)OC1CCCCCC1)CO2. The largest absolute Gasteiger partial charge is 0.493 e. The van der Waals surface area contributed by atoms with Gasteiger partial charge < -0.3 is 15.2 Å². The number of benzene rings is 1. The van der Waals surface area contributed by atoms with E-state index in [1.165, 1.54) is 25.7 Å². The molecule has 0 radical (unpaired) electrons. The minimum Gasteiger partial charge on any atom is -0.493 e. The average molecular weight is 303 g/mol. The number of ether oxygens (including phenoxy) is 2. The molecule has 0 spiro atoms. The lowest BCUT2D eigenvalue weighted by atomic mass is 9.94. The lowest BCUT2D eigenvalue weighted by Gasteiger charge is -2.25. The Morgan fingerprint density at radius 1 is 1.23 bits per heavy atom. The third-order valence-electron chi connectivity index (χ3n) is 4.62. The molecule has 1 atom stereocenters.